The minimum atomic E-state index is -0.480. The highest BCUT2D eigenvalue weighted by Gasteiger charge is 2.38. The molecule has 0 atom stereocenters. The van der Waals surface area contributed by atoms with E-state index in [2.05, 4.69) is 4.99 Å². The predicted molar refractivity (Wildman–Crippen MR) is 78.0 cm³/mol. The zero-order valence-electron chi connectivity index (χ0n) is 11.4. The van der Waals surface area contributed by atoms with Gasteiger partial charge in [-0.15, -0.1) is 0 Å². The Kier molecular flexibility index (Phi) is 3.82. The van der Waals surface area contributed by atoms with Crippen molar-refractivity contribution in [2.75, 3.05) is 0 Å². The molecule has 0 bridgehead atoms. The normalized spacial score (nSPS) is 21.1. The van der Waals surface area contributed by atoms with Crippen molar-refractivity contribution in [3.8, 4) is 5.75 Å². The lowest BCUT2D eigenvalue weighted by atomic mass is 9.88. The van der Waals surface area contributed by atoms with Crippen molar-refractivity contribution in [1.29, 1.82) is 0 Å². The van der Waals surface area contributed by atoms with Crippen LogP contribution < -0.4 is 4.74 Å². The summed E-state index contributed by atoms with van der Waals surface area (Å²) in [5, 5.41) is 0.660. The van der Waals surface area contributed by atoms with Crippen LogP contribution in [-0.4, -0.2) is 12.2 Å². The van der Waals surface area contributed by atoms with Gasteiger partial charge < -0.3 is 4.74 Å². The van der Waals surface area contributed by atoms with Crippen LogP contribution in [0.5, 0.6) is 5.75 Å². The zero-order chi connectivity index (χ0) is 14.0. The van der Waals surface area contributed by atoms with Gasteiger partial charge in [0.25, 0.3) is 0 Å². The van der Waals surface area contributed by atoms with E-state index in [0.717, 1.165) is 49.8 Å². The van der Waals surface area contributed by atoms with Crippen LogP contribution in [0.4, 0.5) is 0 Å². The molecule has 0 heterocycles. The summed E-state index contributed by atoms with van der Waals surface area (Å²) in [6, 6.07) is 5.66. The van der Waals surface area contributed by atoms with Gasteiger partial charge in [0, 0.05) is 10.6 Å². The van der Waals surface area contributed by atoms with Crippen molar-refractivity contribution in [3.05, 3.63) is 28.8 Å². The summed E-state index contributed by atoms with van der Waals surface area (Å²) in [5.41, 5.74) is 0.476. The molecule has 3 nitrogen and oxygen atoms in total. The molecular formula is C16H18ClNO2. The third kappa shape index (κ3) is 2.48. The number of carbonyl (C=O) groups excluding carboxylic acids is 1. The molecule has 0 aliphatic heterocycles. The SMILES string of the molecule is O=C=NC1(c2cc(Cl)ccc2OC2CCC2)CCCC1. The monoisotopic (exact) mass is 291 g/mol. The molecule has 2 aliphatic rings. The molecule has 106 valence electrons. The number of hydrogen-bond donors (Lipinski definition) is 0. The largest absolute Gasteiger partial charge is 0.490 e. The van der Waals surface area contributed by atoms with Crippen molar-refractivity contribution in [3.63, 3.8) is 0 Å². The smallest absolute Gasteiger partial charge is 0.235 e. The number of halogens is 1. The maximum atomic E-state index is 10.9. The minimum Gasteiger partial charge on any atom is -0.490 e. The summed E-state index contributed by atoms with van der Waals surface area (Å²) in [4.78, 5) is 15.0. The van der Waals surface area contributed by atoms with E-state index in [-0.39, 0.29) is 0 Å². The second-order valence-corrected chi connectivity index (χ2v) is 6.19. The molecule has 0 spiro atoms. The first-order valence-electron chi connectivity index (χ1n) is 7.29. The van der Waals surface area contributed by atoms with E-state index in [1.807, 2.05) is 18.2 Å². The second-order valence-electron chi connectivity index (χ2n) is 5.75. The van der Waals surface area contributed by atoms with Gasteiger partial charge in [0.05, 0.1) is 6.10 Å². The number of aliphatic imine (C=N–C) groups is 1. The molecule has 2 aliphatic carbocycles. The van der Waals surface area contributed by atoms with E-state index in [0.29, 0.717) is 11.1 Å². The van der Waals surface area contributed by atoms with E-state index in [9.17, 15) is 4.79 Å². The molecule has 0 radical (unpaired) electrons. The van der Waals surface area contributed by atoms with Crippen LogP contribution >= 0.6 is 11.6 Å². The van der Waals surface area contributed by atoms with Crippen molar-refractivity contribution in [2.24, 2.45) is 4.99 Å². The summed E-state index contributed by atoms with van der Waals surface area (Å²) >= 11 is 6.15. The first kappa shape index (κ1) is 13.7. The average Bonchev–Trinajstić information content (AvgIpc) is 2.85. The average molecular weight is 292 g/mol. The van der Waals surface area contributed by atoms with E-state index in [1.54, 1.807) is 6.08 Å². The molecule has 20 heavy (non-hydrogen) atoms. The maximum absolute atomic E-state index is 10.9. The third-order valence-corrected chi connectivity index (χ3v) is 4.71. The Balaban J connectivity index is 2.00. The van der Waals surface area contributed by atoms with Crippen molar-refractivity contribution < 1.29 is 9.53 Å². The van der Waals surface area contributed by atoms with Crippen LogP contribution in [0.2, 0.25) is 5.02 Å². The van der Waals surface area contributed by atoms with Crippen LogP contribution in [-0.2, 0) is 10.3 Å². The Labute approximate surface area is 124 Å². The number of ether oxygens (including phenoxy) is 1. The molecule has 1 aromatic carbocycles. The zero-order valence-corrected chi connectivity index (χ0v) is 12.2. The van der Waals surface area contributed by atoms with Gasteiger partial charge in [0.15, 0.2) is 0 Å². The highest BCUT2D eigenvalue weighted by Crippen LogP contribution is 2.47. The minimum absolute atomic E-state index is 0.300. The summed E-state index contributed by atoms with van der Waals surface area (Å²) in [6.45, 7) is 0. The van der Waals surface area contributed by atoms with Gasteiger partial charge in [-0.05, 0) is 50.3 Å². The van der Waals surface area contributed by atoms with Gasteiger partial charge in [0.1, 0.15) is 11.3 Å². The number of nitrogens with zero attached hydrogens (tertiary/aromatic N) is 1. The van der Waals surface area contributed by atoms with E-state index in [1.165, 1.54) is 6.42 Å². The lowest BCUT2D eigenvalue weighted by Crippen LogP contribution is -2.27. The second kappa shape index (κ2) is 5.59. The van der Waals surface area contributed by atoms with Crippen molar-refractivity contribution in [2.45, 2.75) is 56.6 Å². The number of hydrogen-bond acceptors (Lipinski definition) is 3. The van der Waals surface area contributed by atoms with Gasteiger partial charge in [-0.3, -0.25) is 0 Å². The van der Waals surface area contributed by atoms with E-state index < -0.39 is 5.54 Å². The molecule has 2 saturated carbocycles. The van der Waals surface area contributed by atoms with Crippen molar-refractivity contribution in [1.82, 2.24) is 0 Å². The van der Waals surface area contributed by atoms with Gasteiger partial charge >= 0.3 is 0 Å². The Morgan fingerprint density at radius 3 is 2.60 bits per heavy atom. The molecular weight excluding hydrogens is 274 g/mol. The molecule has 3 rings (SSSR count). The number of rotatable bonds is 4. The highest BCUT2D eigenvalue weighted by atomic mass is 35.5. The number of isocyanates is 1. The molecule has 0 N–H and O–H groups in total. The molecule has 0 amide bonds. The lowest BCUT2D eigenvalue weighted by molar-refractivity contribution is 0.117. The maximum Gasteiger partial charge on any atom is 0.235 e. The van der Waals surface area contributed by atoms with Crippen LogP contribution in [0.3, 0.4) is 0 Å². The van der Waals surface area contributed by atoms with Crippen LogP contribution in [0.15, 0.2) is 23.2 Å². The standard InChI is InChI=1S/C16H18ClNO2/c17-12-6-7-15(20-13-4-3-5-13)14(10-12)16(18-11-19)8-1-2-9-16/h6-7,10,13H,1-5,8-9H2. The van der Waals surface area contributed by atoms with Crippen LogP contribution in [0.1, 0.15) is 50.5 Å². The quantitative estimate of drug-likeness (QED) is 0.610. The summed E-state index contributed by atoms with van der Waals surface area (Å²) in [7, 11) is 0. The molecule has 1 aromatic rings. The molecule has 4 heteroatoms. The first-order valence-corrected chi connectivity index (χ1v) is 7.67. The Morgan fingerprint density at radius 1 is 1.25 bits per heavy atom. The number of benzene rings is 1. The fraction of sp³-hybridized carbons (Fsp3) is 0.562. The molecule has 0 saturated heterocycles. The molecule has 2 fully saturated rings. The highest BCUT2D eigenvalue weighted by molar-refractivity contribution is 6.30. The Morgan fingerprint density at radius 2 is 2.00 bits per heavy atom. The summed E-state index contributed by atoms with van der Waals surface area (Å²) in [6.07, 6.45) is 9.36. The van der Waals surface area contributed by atoms with Crippen LogP contribution in [0.25, 0.3) is 0 Å². The molecule has 0 aromatic heterocycles. The third-order valence-electron chi connectivity index (χ3n) is 4.48. The van der Waals surface area contributed by atoms with Gasteiger partial charge in [0.2, 0.25) is 6.08 Å². The predicted octanol–water partition coefficient (Wildman–Crippen LogP) is 4.38. The summed E-state index contributed by atoms with van der Waals surface area (Å²) in [5.74, 6) is 0.833. The fourth-order valence-electron chi connectivity index (χ4n) is 3.13. The van der Waals surface area contributed by atoms with Gasteiger partial charge in [-0.1, -0.05) is 24.4 Å². The fourth-order valence-corrected chi connectivity index (χ4v) is 3.30. The van der Waals surface area contributed by atoms with Crippen LogP contribution in [0, 0.1) is 0 Å². The first-order chi connectivity index (χ1) is 9.73. The van der Waals surface area contributed by atoms with Gasteiger partial charge in [-0.2, -0.15) is 4.99 Å². The summed E-state index contributed by atoms with van der Waals surface area (Å²) < 4.78 is 6.07. The van der Waals surface area contributed by atoms with E-state index in [4.69, 9.17) is 16.3 Å². The van der Waals surface area contributed by atoms with E-state index >= 15 is 0 Å². The molecule has 0 unspecified atom stereocenters. The Hall–Kier alpha value is -1.31. The topological polar surface area (TPSA) is 38.7 Å². The van der Waals surface area contributed by atoms with Gasteiger partial charge in [-0.25, -0.2) is 4.79 Å². The lowest BCUT2D eigenvalue weighted by Gasteiger charge is -2.31. The Bertz CT molecular complexity index is 541. The van der Waals surface area contributed by atoms with Crippen molar-refractivity contribution >= 4 is 17.7 Å².